The first kappa shape index (κ1) is 14.6. The van der Waals surface area contributed by atoms with Gasteiger partial charge >= 0.3 is 0 Å². The predicted molar refractivity (Wildman–Crippen MR) is 112 cm³/mol. The third-order valence-corrected chi connectivity index (χ3v) is 6.56. The molecule has 7 rings (SSSR count). The van der Waals surface area contributed by atoms with Crippen LogP contribution in [0.4, 0.5) is 5.69 Å². The Balaban J connectivity index is 1.80. The Morgan fingerprint density at radius 3 is 2.96 bits per heavy atom. The number of carbonyl (C=O) groups excluding carboxylic acids is 1. The topological polar surface area (TPSA) is 37.6 Å². The van der Waals surface area contributed by atoms with Crippen molar-refractivity contribution in [3.63, 3.8) is 0 Å². The van der Waals surface area contributed by atoms with Gasteiger partial charge in [-0.3, -0.25) is 4.79 Å². The Morgan fingerprint density at radius 2 is 2.00 bits per heavy atom. The van der Waals surface area contributed by atoms with Gasteiger partial charge in [0.15, 0.2) is 0 Å². The molecule has 0 N–H and O–H groups in total. The van der Waals surface area contributed by atoms with Crippen LogP contribution in [-0.4, -0.2) is 29.3 Å². The van der Waals surface area contributed by atoms with Crippen LogP contribution in [0.2, 0.25) is 0 Å². The molecule has 1 aromatic heterocycles. The molecule has 134 valence electrons. The van der Waals surface area contributed by atoms with Crippen molar-refractivity contribution in [1.29, 1.82) is 0 Å². The number of rotatable bonds is 0. The second-order valence-electron chi connectivity index (χ2n) is 7.84. The first-order valence-electron chi connectivity index (χ1n) is 9.81. The summed E-state index contributed by atoms with van der Waals surface area (Å²) in [7, 11) is 0. The average molecular weight is 363 g/mol. The van der Waals surface area contributed by atoms with Crippen LogP contribution < -0.4 is 15.5 Å². The molecule has 0 spiro atoms. The number of hydrogen-bond acceptors (Lipinski definition) is 2. The highest BCUT2D eigenvalue weighted by atomic mass is 16.1. The van der Waals surface area contributed by atoms with E-state index in [1.54, 1.807) is 6.21 Å². The van der Waals surface area contributed by atoms with E-state index in [1.807, 2.05) is 0 Å². The molecular weight excluding hydrogens is 346 g/mol. The molecule has 1 atom stereocenters. The SMILES string of the molecule is O=C1N=Cc2c1c1c3c4c2c2c(n4CC=CCN3C3C=CC=CC=13)=CC=CC2. The Morgan fingerprint density at radius 1 is 1.07 bits per heavy atom. The smallest absolute Gasteiger partial charge is 0.278 e. The monoisotopic (exact) mass is 363 g/mol. The Labute approximate surface area is 161 Å². The van der Waals surface area contributed by atoms with Crippen LogP contribution in [0.3, 0.4) is 0 Å². The van der Waals surface area contributed by atoms with Gasteiger partial charge in [-0.25, -0.2) is 4.99 Å². The van der Waals surface area contributed by atoms with E-state index in [2.05, 4.69) is 69.1 Å². The minimum atomic E-state index is -0.103. The van der Waals surface area contributed by atoms with Crippen molar-refractivity contribution in [1.82, 2.24) is 4.57 Å². The maximum absolute atomic E-state index is 12.9. The van der Waals surface area contributed by atoms with E-state index < -0.39 is 0 Å². The molecule has 1 unspecified atom stereocenters. The number of fused-ring (bicyclic) bond motifs is 8. The van der Waals surface area contributed by atoms with Gasteiger partial charge in [0.25, 0.3) is 5.91 Å². The van der Waals surface area contributed by atoms with Crippen molar-refractivity contribution in [2.75, 3.05) is 11.4 Å². The molecule has 2 aliphatic carbocycles. The van der Waals surface area contributed by atoms with E-state index in [9.17, 15) is 4.79 Å². The summed E-state index contributed by atoms with van der Waals surface area (Å²) in [4.78, 5) is 19.6. The number of amides is 1. The van der Waals surface area contributed by atoms with E-state index in [0.717, 1.165) is 35.9 Å². The molecule has 4 heteroatoms. The van der Waals surface area contributed by atoms with Crippen molar-refractivity contribution in [2.45, 2.75) is 19.0 Å². The number of carbonyl (C=O) groups is 1. The maximum Gasteiger partial charge on any atom is 0.278 e. The van der Waals surface area contributed by atoms with E-state index in [-0.39, 0.29) is 11.9 Å². The molecule has 2 aromatic rings. The summed E-state index contributed by atoms with van der Waals surface area (Å²) in [5.41, 5.74) is 6.81. The van der Waals surface area contributed by atoms with Gasteiger partial charge in [0.2, 0.25) is 0 Å². The number of benzene rings is 1. The average Bonchev–Trinajstić information content (AvgIpc) is 3.34. The van der Waals surface area contributed by atoms with Crippen LogP contribution in [0.25, 0.3) is 22.6 Å². The summed E-state index contributed by atoms with van der Waals surface area (Å²) >= 11 is 0. The number of nitrogens with zero attached hydrogens (tertiary/aromatic N) is 3. The highest BCUT2D eigenvalue weighted by Crippen LogP contribution is 2.40. The molecule has 0 radical (unpaired) electrons. The lowest BCUT2D eigenvalue weighted by Crippen LogP contribution is -2.33. The Bertz CT molecular complexity index is 1410. The van der Waals surface area contributed by atoms with Crippen LogP contribution >= 0.6 is 0 Å². The lowest BCUT2D eigenvalue weighted by Gasteiger charge is -2.29. The quantitative estimate of drug-likeness (QED) is 0.673. The molecule has 28 heavy (non-hydrogen) atoms. The molecule has 0 saturated heterocycles. The van der Waals surface area contributed by atoms with Gasteiger partial charge in [0.1, 0.15) is 0 Å². The fraction of sp³-hybridized carbons (Fsp3) is 0.167. The summed E-state index contributed by atoms with van der Waals surface area (Å²) in [6.45, 7) is 1.70. The van der Waals surface area contributed by atoms with E-state index in [4.69, 9.17) is 0 Å². The number of hydrogen-bond donors (Lipinski definition) is 0. The second-order valence-corrected chi connectivity index (χ2v) is 7.84. The second kappa shape index (κ2) is 4.90. The number of aromatic nitrogens is 1. The fourth-order valence-electron chi connectivity index (χ4n) is 5.50. The molecule has 4 nitrogen and oxygen atoms in total. The number of anilines is 1. The zero-order valence-electron chi connectivity index (χ0n) is 15.2. The standard InChI is InChI=1S/C24H17N3O/c28-24-21-16(13-25-24)19-14-7-1-3-9-17(14)26-11-5-6-12-27-18-10-4-2-8-15(18)20(21)23(27)22(19)26/h1-6,8-10,13,18H,7,11-12H2. The van der Waals surface area contributed by atoms with Crippen molar-refractivity contribution >= 4 is 40.4 Å². The van der Waals surface area contributed by atoms with Gasteiger partial charge in [-0.1, -0.05) is 48.6 Å². The normalized spacial score (nSPS) is 22.4. The van der Waals surface area contributed by atoms with E-state index in [1.165, 1.54) is 33.1 Å². The maximum atomic E-state index is 12.9. The highest BCUT2D eigenvalue weighted by Gasteiger charge is 2.38. The van der Waals surface area contributed by atoms with Crippen LogP contribution in [0, 0.1) is 0 Å². The molecule has 1 amide bonds. The summed E-state index contributed by atoms with van der Waals surface area (Å²) in [5, 5.41) is 3.57. The fourth-order valence-corrected chi connectivity index (χ4v) is 5.50. The molecule has 3 aliphatic heterocycles. The lowest BCUT2D eigenvalue weighted by molar-refractivity contribution is 0.101. The molecule has 0 saturated carbocycles. The van der Waals surface area contributed by atoms with Crippen molar-refractivity contribution in [3.05, 3.63) is 75.9 Å². The van der Waals surface area contributed by atoms with E-state index in [0.29, 0.717) is 0 Å². The molecule has 4 heterocycles. The van der Waals surface area contributed by atoms with Gasteiger partial charge in [-0.15, -0.1) is 0 Å². The van der Waals surface area contributed by atoms with Crippen LogP contribution in [0.15, 0.2) is 53.6 Å². The van der Waals surface area contributed by atoms with Gasteiger partial charge in [-0.05, 0) is 23.6 Å². The third-order valence-electron chi connectivity index (χ3n) is 6.56. The van der Waals surface area contributed by atoms with Crippen molar-refractivity contribution in [2.24, 2.45) is 4.99 Å². The van der Waals surface area contributed by atoms with Crippen LogP contribution in [0.5, 0.6) is 0 Å². The van der Waals surface area contributed by atoms with E-state index >= 15 is 0 Å². The summed E-state index contributed by atoms with van der Waals surface area (Å²) in [6, 6.07) is 0.174. The highest BCUT2D eigenvalue weighted by molar-refractivity contribution is 6.23. The Hall–Kier alpha value is -3.40. The summed E-state index contributed by atoms with van der Waals surface area (Å²) in [5.74, 6) is -0.103. The van der Waals surface area contributed by atoms with Crippen LogP contribution in [-0.2, 0) is 13.0 Å². The number of allylic oxidation sites excluding steroid dienone is 5. The summed E-state index contributed by atoms with van der Waals surface area (Å²) < 4.78 is 2.43. The molecular formula is C24H17N3O. The zero-order valence-corrected chi connectivity index (χ0v) is 15.2. The Kier molecular flexibility index (Phi) is 2.56. The molecule has 5 aliphatic rings. The third kappa shape index (κ3) is 1.55. The summed E-state index contributed by atoms with van der Waals surface area (Å²) in [6.07, 6.45) is 22.4. The van der Waals surface area contributed by atoms with Gasteiger partial charge in [0.05, 0.1) is 22.8 Å². The van der Waals surface area contributed by atoms with Gasteiger partial charge in [0, 0.05) is 40.8 Å². The van der Waals surface area contributed by atoms with Crippen molar-refractivity contribution in [3.8, 4) is 0 Å². The number of aliphatic imine (C=N–C) groups is 1. The first-order valence-corrected chi connectivity index (χ1v) is 9.81. The first-order chi connectivity index (χ1) is 13.8. The van der Waals surface area contributed by atoms with Gasteiger partial charge < -0.3 is 9.47 Å². The van der Waals surface area contributed by atoms with Gasteiger partial charge in [-0.2, -0.15) is 0 Å². The minimum absolute atomic E-state index is 0.103. The van der Waals surface area contributed by atoms with Crippen LogP contribution in [0.1, 0.15) is 21.5 Å². The molecule has 0 bridgehead atoms. The molecule has 1 aromatic carbocycles. The minimum Gasteiger partial charge on any atom is -0.355 e. The lowest BCUT2D eigenvalue weighted by atomic mass is 9.94. The zero-order chi connectivity index (χ0) is 18.4. The largest absolute Gasteiger partial charge is 0.355 e. The van der Waals surface area contributed by atoms with Crippen molar-refractivity contribution < 1.29 is 4.79 Å². The predicted octanol–water partition coefficient (Wildman–Crippen LogP) is 2.14. The molecule has 0 fully saturated rings.